The Kier molecular flexibility index (Phi) is 5.12. The Bertz CT molecular complexity index is 840. The molecule has 2 aromatic heterocycles. The van der Waals surface area contributed by atoms with Gasteiger partial charge >= 0.3 is 0 Å². The molecule has 0 radical (unpaired) electrons. The number of nitrogens with zero attached hydrogens (tertiary/aromatic N) is 4. The van der Waals surface area contributed by atoms with E-state index in [1.165, 1.54) is 0 Å². The van der Waals surface area contributed by atoms with Crippen molar-refractivity contribution in [3.05, 3.63) is 65.1 Å². The fourth-order valence-electron chi connectivity index (χ4n) is 2.22. The number of aryl methyl sites for hydroxylation is 1. The van der Waals surface area contributed by atoms with Crippen molar-refractivity contribution in [3.8, 4) is 0 Å². The zero-order chi connectivity index (χ0) is 16.9. The highest BCUT2D eigenvalue weighted by Crippen LogP contribution is 2.16. The molecule has 3 aromatic rings. The molecule has 0 saturated heterocycles. The zero-order valence-electron chi connectivity index (χ0n) is 13.1. The van der Waals surface area contributed by atoms with Crippen LogP contribution in [0, 0.1) is 0 Å². The molecule has 1 aromatic carbocycles. The number of thiocarbonyl (C=S) groups is 1. The lowest BCUT2D eigenvalue weighted by Gasteiger charge is -2.09. The van der Waals surface area contributed by atoms with E-state index in [1.807, 2.05) is 54.3 Å². The molecular weight excluding hydrogens is 344 g/mol. The number of hydrogen-bond donors (Lipinski definition) is 2. The van der Waals surface area contributed by atoms with Crippen molar-refractivity contribution in [1.82, 2.24) is 24.9 Å². The van der Waals surface area contributed by atoms with Crippen LogP contribution in [0.1, 0.15) is 11.3 Å². The van der Waals surface area contributed by atoms with Crippen molar-refractivity contribution in [2.45, 2.75) is 13.1 Å². The first-order valence-corrected chi connectivity index (χ1v) is 8.19. The predicted octanol–water partition coefficient (Wildman–Crippen LogP) is 2.80. The van der Waals surface area contributed by atoms with E-state index in [1.54, 1.807) is 10.9 Å². The molecule has 0 aliphatic rings. The first-order valence-electron chi connectivity index (χ1n) is 7.40. The van der Waals surface area contributed by atoms with Gasteiger partial charge in [-0.05, 0) is 29.9 Å². The van der Waals surface area contributed by atoms with Crippen molar-refractivity contribution in [3.63, 3.8) is 0 Å². The van der Waals surface area contributed by atoms with Crippen molar-refractivity contribution < 1.29 is 0 Å². The molecule has 0 aliphatic heterocycles. The number of halogens is 1. The van der Waals surface area contributed by atoms with E-state index < -0.39 is 0 Å². The Labute approximate surface area is 150 Å². The van der Waals surface area contributed by atoms with Crippen LogP contribution in [0.2, 0.25) is 5.02 Å². The van der Waals surface area contributed by atoms with Crippen LogP contribution >= 0.6 is 23.8 Å². The lowest BCUT2D eigenvalue weighted by atomic mass is 10.2. The molecule has 0 atom stereocenters. The third kappa shape index (κ3) is 4.12. The van der Waals surface area contributed by atoms with Crippen molar-refractivity contribution >= 4 is 34.7 Å². The summed E-state index contributed by atoms with van der Waals surface area (Å²) in [4.78, 5) is 0. The largest absolute Gasteiger partial charge is 0.357 e. The zero-order valence-corrected chi connectivity index (χ0v) is 14.7. The molecule has 2 heterocycles. The minimum absolute atomic E-state index is 0.513. The van der Waals surface area contributed by atoms with E-state index in [9.17, 15) is 0 Å². The van der Waals surface area contributed by atoms with Gasteiger partial charge in [0.25, 0.3) is 0 Å². The van der Waals surface area contributed by atoms with E-state index in [0.29, 0.717) is 24.0 Å². The first kappa shape index (κ1) is 16.5. The van der Waals surface area contributed by atoms with Gasteiger partial charge in [-0.2, -0.15) is 10.2 Å². The summed E-state index contributed by atoms with van der Waals surface area (Å²) < 4.78 is 3.61. The average Bonchev–Trinajstić information content (AvgIpc) is 3.17. The van der Waals surface area contributed by atoms with Crippen LogP contribution in [0.4, 0.5) is 5.82 Å². The number of rotatable bonds is 5. The number of benzene rings is 1. The maximum atomic E-state index is 6.17. The maximum Gasteiger partial charge on any atom is 0.172 e. The maximum absolute atomic E-state index is 6.17. The van der Waals surface area contributed by atoms with Gasteiger partial charge in [0.1, 0.15) is 0 Å². The molecule has 0 amide bonds. The third-order valence-corrected chi connectivity index (χ3v) is 4.14. The van der Waals surface area contributed by atoms with Crippen molar-refractivity contribution in [2.75, 3.05) is 5.32 Å². The Morgan fingerprint density at radius 3 is 2.83 bits per heavy atom. The normalized spacial score (nSPS) is 10.6. The van der Waals surface area contributed by atoms with Crippen molar-refractivity contribution in [2.24, 2.45) is 7.05 Å². The summed E-state index contributed by atoms with van der Waals surface area (Å²) in [7, 11) is 1.89. The summed E-state index contributed by atoms with van der Waals surface area (Å²) in [5.41, 5.74) is 2.06. The fourth-order valence-corrected chi connectivity index (χ4v) is 2.60. The molecule has 0 unspecified atom stereocenters. The second-order valence-electron chi connectivity index (χ2n) is 5.24. The summed E-state index contributed by atoms with van der Waals surface area (Å²) in [5.74, 6) is 0.685. The van der Waals surface area contributed by atoms with Gasteiger partial charge in [0.2, 0.25) is 0 Å². The number of anilines is 1. The average molecular weight is 361 g/mol. The summed E-state index contributed by atoms with van der Waals surface area (Å²) >= 11 is 11.5. The SMILES string of the molecule is Cn1nccc1CNC(=S)Nc1ccn(Cc2ccccc2Cl)n1. The van der Waals surface area contributed by atoms with Crippen LogP contribution in [-0.4, -0.2) is 24.7 Å². The molecule has 0 fully saturated rings. The van der Waals surface area contributed by atoms with Gasteiger partial charge in [0.05, 0.1) is 18.8 Å². The molecule has 8 heteroatoms. The van der Waals surface area contributed by atoms with Crippen molar-refractivity contribution in [1.29, 1.82) is 0 Å². The quantitative estimate of drug-likeness (QED) is 0.685. The topological polar surface area (TPSA) is 59.7 Å². The Morgan fingerprint density at radius 1 is 1.25 bits per heavy atom. The van der Waals surface area contributed by atoms with Gasteiger partial charge in [-0.1, -0.05) is 29.8 Å². The van der Waals surface area contributed by atoms with E-state index in [-0.39, 0.29) is 0 Å². The van der Waals surface area contributed by atoms with E-state index in [4.69, 9.17) is 23.8 Å². The predicted molar refractivity (Wildman–Crippen MR) is 99.0 cm³/mol. The highest BCUT2D eigenvalue weighted by molar-refractivity contribution is 7.80. The van der Waals surface area contributed by atoms with E-state index in [0.717, 1.165) is 16.3 Å². The number of aromatic nitrogens is 4. The molecule has 0 spiro atoms. The smallest absolute Gasteiger partial charge is 0.172 e. The Hall–Kier alpha value is -2.38. The van der Waals surface area contributed by atoms with Gasteiger partial charge in [-0.15, -0.1) is 0 Å². The standard InChI is InChI=1S/C16H17ClN6S/c1-22-13(6-8-19-22)10-18-16(24)20-15-7-9-23(21-15)11-12-4-2-3-5-14(12)17/h2-9H,10-11H2,1H3,(H2,18,20,21,24). The van der Waals surface area contributed by atoms with Crippen LogP contribution in [0.15, 0.2) is 48.8 Å². The molecule has 0 saturated carbocycles. The molecule has 6 nitrogen and oxygen atoms in total. The van der Waals surface area contributed by atoms with E-state index in [2.05, 4.69) is 20.8 Å². The second kappa shape index (κ2) is 7.46. The third-order valence-electron chi connectivity index (χ3n) is 3.52. The number of nitrogens with one attached hydrogen (secondary N) is 2. The first-order chi connectivity index (χ1) is 11.6. The minimum Gasteiger partial charge on any atom is -0.357 e. The van der Waals surface area contributed by atoms with Gasteiger partial charge in [-0.3, -0.25) is 9.36 Å². The van der Waals surface area contributed by atoms with E-state index >= 15 is 0 Å². The number of hydrogen-bond acceptors (Lipinski definition) is 3. The second-order valence-corrected chi connectivity index (χ2v) is 6.06. The highest BCUT2D eigenvalue weighted by Gasteiger charge is 2.05. The van der Waals surface area contributed by atoms with Crippen LogP contribution in [0.3, 0.4) is 0 Å². The van der Waals surface area contributed by atoms with Crippen LogP contribution < -0.4 is 10.6 Å². The molecule has 2 N–H and O–H groups in total. The highest BCUT2D eigenvalue weighted by atomic mass is 35.5. The van der Waals surface area contributed by atoms with Gasteiger partial charge in [0.15, 0.2) is 10.9 Å². The monoisotopic (exact) mass is 360 g/mol. The minimum atomic E-state index is 0.513. The Balaban J connectivity index is 1.55. The van der Waals surface area contributed by atoms with Gasteiger partial charge in [-0.25, -0.2) is 0 Å². The molecule has 0 aliphatic carbocycles. The Morgan fingerprint density at radius 2 is 2.08 bits per heavy atom. The van der Waals surface area contributed by atoms with Gasteiger partial charge < -0.3 is 10.6 Å². The molecule has 0 bridgehead atoms. The molecule has 3 rings (SSSR count). The van der Waals surface area contributed by atoms with Crippen LogP contribution in [-0.2, 0) is 20.1 Å². The summed E-state index contributed by atoms with van der Waals surface area (Å²) in [6.45, 7) is 1.21. The molecule has 24 heavy (non-hydrogen) atoms. The fraction of sp³-hybridized carbons (Fsp3) is 0.188. The van der Waals surface area contributed by atoms with Crippen LogP contribution in [0.5, 0.6) is 0 Å². The van der Waals surface area contributed by atoms with Gasteiger partial charge in [0, 0.05) is 30.5 Å². The lowest BCUT2D eigenvalue weighted by molar-refractivity contribution is 0.688. The van der Waals surface area contributed by atoms with Crippen LogP contribution in [0.25, 0.3) is 0 Å². The summed E-state index contributed by atoms with van der Waals surface area (Å²) in [6, 6.07) is 11.5. The summed E-state index contributed by atoms with van der Waals surface area (Å²) in [6.07, 6.45) is 3.64. The molecular formula is C16H17ClN6S. The lowest BCUT2D eigenvalue weighted by Crippen LogP contribution is -2.29. The summed E-state index contributed by atoms with van der Waals surface area (Å²) in [5, 5.41) is 16.0. The molecule has 124 valence electrons.